The lowest BCUT2D eigenvalue weighted by atomic mass is 9.97. The van der Waals surface area contributed by atoms with E-state index in [2.05, 4.69) is 10.6 Å². The van der Waals surface area contributed by atoms with Gasteiger partial charge in [-0.3, -0.25) is 14.4 Å². The van der Waals surface area contributed by atoms with Crippen molar-refractivity contribution in [2.24, 2.45) is 0 Å². The summed E-state index contributed by atoms with van der Waals surface area (Å²) >= 11 is 1.56. The minimum Gasteiger partial charge on any atom is -0.466 e. The highest BCUT2D eigenvalue weighted by Gasteiger charge is 2.36. The normalized spacial score (nSPS) is 12.7. The van der Waals surface area contributed by atoms with Crippen molar-refractivity contribution in [2.75, 3.05) is 31.7 Å². The standard InChI is InChI=1S/C27H43N3O6S/c1-8-17-30(25(33)21(15-18-37-7)29-26(34)36-27(4,5)6)23(20-13-11-10-12-19(20)3)24(32)28-16-14-22(31)35-9-2/h10-13,21,23H,8-9,14-18H2,1-7H3,(H,28,32)(H,29,34). The van der Waals surface area contributed by atoms with Crippen LogP contribution in [0.3, 0.4) is 0 Å². The molecule has 2 unspecified atom stereocenters. The summed E-state index contributed by atoms with van der Waals surface area (Å²) < 4.78 is 10.3. The number of hydrogen-bond acceptors (Lipinski definition) is 7. The Morgan fingerprint density at radius 2 is 1.78 bits per heavy atom. The van der Waals surface area contributed by atoms with Gasteiger partial charge in [-0.2, -0.15) is 11.8 Å². The first-order valence-corrected chi connectivity index (χ1v) is 14.1. The van der Waals surface area contributed by atoms with Crippen molar-refractivity contribution in [3.63, 3.8) is 0 Å². The SMILES string of the molecule is CCCN(C(=O)C(CCSC)NC(=O)OC(C)(C)C)C(C(=O)NCCC(=O)OCC)c1ccccc1C. The van der Waals surface area contributed by atoms with Gasteiger partial charge in [-0.05, 0) is 70.6 Å². The molecule has 9 nitrogen and oxygen atoms in total. The quantitative estimate of drug-likeness (QED) is 0.345. The summed E-state index contributed by atoms with van der Waals surface area (Å²) in [5.41, 5.74) is 0.810. The van der Waals surface area contributed by atoms with Crippen LogP contribution < -0.4 is 10.6 Å². The van der Waals surface area contributed by atoms with Gasteiger partial charge in [-0.25, -0.2) is 4.79 Å². The number of amides is 3. The molecular formula is C27H43N3O6S. The maximum absolute atomic E-state index is 13.9. The fourth-order valence-corrected chi connectivity index (χ4v) is 4.18. The number of esters is 1. The molecule has 0 aliphatic heterocycles. The van der Waals surface area contributed by atoms with E-state index in [4.69, 9.17) is 9.47 Å². The summed E-state index contributed by atoms with van der Waals surface area (Å²) in [6.07, 6.45) is 2.25. The van der Waals surface area contributed by atoms with Gasteiger partial charge in [-0.15, -0.1) is 0 Å². The number of nitrogens with one attached hydrogen (secondary N) is 2. The van der Waals surface area contributed by atoms with Crippen LogP contribution in [0.25, 0.3) is 0 Å². The Labute approximate surface area is 225 Å². The molecule has 1 rings (SSSR count). The molecule has 0 spiro atoms. The molecule has 10 heteroatoms. The number of carbonyl (C=O) groups is 4. The number of alkyl carbamates (subject to hydrolysis) is 1. The molecular weight excluding hydrogens is 494 g/mol. The van der Waals surface area contributed by atoms with Crippen molar-refractivity contribution >= 4 is 35.6 Å². The molecule has 0 saturated carbocycles. The largest absolute Gasteiger partial charge is 0.466 e. The minimum atomic E-state index is -0.937. The van der Waals surface area contributed by atoms with Crippen LogP contribution in [0.4, 0.5) is 4.79 Å². The molecule has 0 aliphatic carbocycles. The molecule has 37 heavy (non-hydrogen) atoms. The average Bonchev–Trinajstić information content (AvgIpc) is 2.81. The molecule has 3 amide bonds. The zero-order valence-electron chi connectivity index (χ0n) is 23.2. The number of thioether (sulfide) groups is 1. The summed E-state index contributed by atoms with van der Waals surface area (Å²) in [7, 11) is 0. The van der Waals surface area contributed by atoms with Gasteiger partial charge < -0.3 is 25.0 Å². The summed E-state index contributed by atoms with van der Waals surface area (Å²) in [6.45, 7) is 11.4. The number of ether oxygens (including phenoxy) is 2. The zero-order chi connectivity index (χ0) is 28.0. The first kappa shape index (κ1) is 32.3. The monoisotopic (exact) mass is 537 g/mol. The third kappa shape index (κ3) is 11.5. The molecule has 0 saturated heterocycles. The smallest absolute Gasteiger partial charge is 0.408 e. The van der Waals surface area contributed by atoms with Crippen LogP contribution in [0.5, 0.6) is 0 Å². The van der Waals surface area contributed by atoms with Crippen LogP contribution in [0.15, 0.2) is 24.3 Å². The second-order valence-corrected chi connectivity index (χ2v) is 10.6. The fourth-order valence-electron chi connectivity index (χ4n) is 3.71. The van der Waals surface area contributed by atoms with Gasteiger partial charge in [0.2, 0.25) is 11.8 Å². The number of hydrogen-bond donors (Lipinski definition) is 2. The van der Waals surface area contributed by atoms with E-state index in [0.717, 1.165) is 5.56 Å². The lowest BCUT2D eigenvalue weighted by Crippen LogP contribution is -2.53. The molecule has 2 atom stereocenters. The van der Waals surface area contributed by atoms with E-state index in [-0.39, 0.29) is 25.5 Å². The topological polar surface area (TPSA) is 114 Å². The average molecular weight is 538 g/mol. The molecule has 0 bridgehead atoms. The minimum absolute atomic E-state index is 0.0261. The van der Waals surface area contributed by atoms with E-state index >= 15 is 0 Å². The molecule has 0 radical (unpaired) electrons. The number of nitrogens with zero attached hydrogens (tertiary/aromatic N) is 1. The summed E-state index contributed by atoms with van der Waals surface area (Å²) in [6, 6.07) is 5.58. The Morgan fingerprint density at radius 3 is 2.35 bits per heavy atom. The van der Waals surface area contributed by atoms with Crippen molar-refractivity contribution in [3.8, 4) is 0 Å². The maximum atomic E-state index is 13.9. The number of rotatable bonds is 14. The van der Waals surface area contributed by atoms with Crippen molar-refractivity contribution < 1.29 is 28.7 Å². The second-order valence-electron chi connectivity index (χ2n) is 9.62. The van der Waals surface area contributed by atoms with Gasteiger partial charge >= 0.3 is 12.1 Å². The van der Waals surface area contributed by atoms with Crippen molar-refractivity contribution in [1.82, 2.24) is 15.5 Å². The lowest BCUT2D eigenvalue weighted by Gasteiger charge is -2.35. The van der Waals surface area contributed by atoms with Gasteiger partial charge in [0.25, 0.3) is 0 Å². The van der Waals surface area contributed by atoms with E-state index < -0.39 is 35.7 Å². The van der Waals surface area contributed by atoms with E-state index in [1.807, 2.05) is 44.4 Å². The van der Waals surface area contributed by atoms with Crippen molar-refractivity contribution in [1.29, 1.82) is 0 Å². The Kier molecular flexibility index (Phi) is 14.1. The number of benzene rings is 1. The summed E-state index contributed by atoms with van der Waals surface area (Å²) in [5, 5.41) is 5.52. The van der Waals surface area contributed by atoms with E-state index in [0.29, 0.717) is 30.7 Å². The van der Waals surface area contributed by atoms with Crippen LogP contribution in [-0.4, -0.2) is 72.1 Å². The third-order valence-corrected chi connectivity index (χ3v) is 5.97. The van der Waals surface area contributed by atoms with E-state index in [1.165, 1.54) is 4.90 Å². The molecule has 208 valence electrons. The van der Waals surface area contributed by atoms with Crippen molar-refractivity contribution in [3.05, 3.63) is 35.4 Å². The Balaban J connectivity index is 3.33. The highest BCUT2D eigenvalue weighted by molar-refractivity contribution is 7.98. The maximum Gasteiger partial charge on any atom is 0.408 e. The van der Waals surface area contributed by atoms with Crippen LogP contribution in [0.1, 0.15) is 71.0 Å². The van der Waals surface area contributed by atoms with E-state index in [9.17, 15) is 19.2 Å². The summed E-state index contributed by atoms with van der Waals surface area (Å²) in [4.78, 5) is 53.3. The Morgan fingerprint density at radius 1 is 1.11 bits per heavy atom. The van der Waals surface area contributed by atoms with Crippen LogP contribution in [0, 0.1) is 6.92 Å². The number of aryl methyl sites for hydroxylation is 1. The fraction of sp³-hybridized carbons (Fsp3) is 0.630. The van der Waals surface area contributed by atoms with Crippen molar-refractivity contribution in [2.45, 2.75) is 78.5 Å². The molecule has 0 fully saturated rings. The number of carbonyl (C=O) groups excluding carboxylic acids is 4. The van der Waals surface area contributed by atoms with E-state index in [1.54, 1.807) is 39.5 Å². The van der Waals surface area contributed by atoms with Crippen LogP contribution in [0.2, 0.25) is 0 Å². The van der Waals surface area contributed by atoms with Gasteiger partial charge in [-0.1, -0.05) is 31.2 Å². The molecule has 0 heterocycles. The predicted molar refractivity (Wildman–Crippen MR) is 146 cm³/mol. The molecule has 0 aromatic heterocycles. The van der Waals surface area contributed by atoms with Gasteiger partial charge in [0.15, 0.2) is 0 Å². The lowest BCUT2D eigenvalue weighted by molar-refractivity contribution is -0.144. The first-order valence-electron chi connectivity index (χ1n) is 12.7. The third-order valence-electron chi connectivity index (χ3n) is 5.32. The molecule has 1 aromatic rings. The Bertz CT molecular complexity index is 902. The van der Waals surface area contributed by atoms with Crippen LogP contribution >= 0.6 is 11.8 Å². The zero-order valence-corrected chi connectivity index (χ0v) is 24.0. The Hall–Kier alpha value is -2.75. The van der Waals surface area contributed by atoms with Gasteiger partial charge in [0.1, 0.15) is 17.7 Å². The van der Waals surface area contributed by atoms with Gasteiger partial charge in [0.05, 0.1) is 13.0 Å². The highest BCUT2D eigenvalue weighted by atomic mass is 32.2. The van der Waals surface area contributed by atoms with Crippen LogP contribution in [-0.2, 0) is 23.9 Å². The second kappa shape index (κ2) is 16.2. The summed E-state index contributed by atoms with van der Waals surface area (Å²) in [5.74, 6) is -0.542. The highest BCUT2D eigenvalue weighted by Crippen LogP contribution is 2.26. The predicted octanol–water partition coefficient (Wildman–Crippen LogP) is 3.99. The first-order chi connectivity index (χ1) is 17.4. The molecule has 1 aromatic carbocycles. The molecule has 0 aliphatic rings. The molecule has 2 N–H and O–H groups in total. The van der Waals surface area contributed by atoms with Gasteiger partial charge in [0, 0.05) is 13.1 Å².